The minimum atomic E-state index is 0.184. The zero-order chi connectivity index (χ0) is 11.5. The van der Waals surface area contributed by atoms with E-state index >= 15 is 0 Å². The molecule has 0 bridgehead atoms. The van der Waals surface area contributed by atoms with E-state index in [4.69, 9.17) is 0 Å². The van der Waals surface area contributed by atoms with Crippen molar-refractivity contribution in [2.24, 2.45) is 0 Å². The first kappa shape index (κ1) is 11.7. The van der Waals surface area contributed by atoms with E-state index in [2.05, 4.69) is 24.1 Å². The van der Waals surface area contributed by atoms with E-state index in [1.807, 2.05) is 0 Å². The monoisotopic (exact) mass is 224 g/mol. The van der Waals surface area contributed by atoms with Crippen molar-refractivity contribution in [2.75, 3.05) is 0 Å². The molecule has 0 aromatic carbocycles. The second-order valence-corrected chi connectivity index (χ2v) is 5.33. The molecular formula is C13H24N2O. The Morgan fingerprint density at radius 2 is 1.94 bits per heavy atom. The number of urea groups is 1. The van der Waals surface area contributed by atoms with Crippen LogP contribution in [0, 0.1) is 0 Å². The van der Waals surface area contributed by atoms with Crippen molar-refractivity contribution < 1.29 is 4.79 Å². The molecule has 1 aliphatic heterocycles. The summed E-state index contributed by atoms with van der Waals surface area (Å²) < 4.78 is 0. The molecular weight excluding hydrogens is 200 g/mol. The van der Waals surface area contributed by atoms with Crippen LogP contribution in [0.15, 0.2) is 0 Å². The third-order valence-electron chi connectivity index (χ3n) is 4.17. The maximum atomic E-state index is 12.2. The van der Waals surface area contributed by atoms with Crippen LogP contribution >= 0.6 is 0 Å². The predicted octanol–water partition coefficient (Wildman–Crippen LogP) is 2.90. The van der Waals surface area contributed by atoms with Crippen LogP contribution in [0.2, 0.25) is 0 Å². The van der Waals surface area contributed by atoms with Crippen LogP contribution in [-0.4, -0.2) is 29.1 Å². The lowest BCUT2D eigenvalue weighted by Crippen LogP contribution is -2.48. The third kappa shape index (κ3) is 2.33. The lowest BCUT2D eigenvalue weighted by atomic mass is 10.2. The number of rotatable bonds is 2. The lowest BCUT2D eigenvalue weighted by molar-refractivity contribution is 0.171. The fraction of sp³-hybridized carbons (Fsp3) is 0.923. The summed E-state index contributed by atoms with van der Waals surface area (Å²) in [4.78, 5) is 14.3. The molecule has 1 saturated heterocycles. The summed E-state index contributed by atoms with van der Waals surface area (Å²) in [5.41, 5.74) is 0. The number of amides is 2. The number of nitrogens with one attached hydrogen (secondary N) is 1. The van der Waals surface area contributed by atoms with E-state index in [1.165, 1.54) is 32.1 Å². The van der Waals surface area contributed by atoms with E-state index in [-0.39, 0.29) is 6.03 Å². The van der Waals surface area contributed by atoms with Crippen molar-refractivity contribution in [1.29, 1.82) is 0 Å². The van der Waals surface area contributed by atoms with Crippen molar-refractivity contribution in [3.63, 3.8) is 0 Å². The highest BCUT2D eigenvalue weighted by atomic mass is 16.2. The molecule has 1 saturated carbocycles. The lowest BCUT2D eigenvalue weighted by Gasteiger charge is -2.29. The van der Waals surface area contributed by atoms with Gasteiger partial charge in [0.1, 0.15) is 0 Å². The fourth-order valence-electron chi connectivity index (χ4n) is 3.16. The van der Waals surface area contributed by atoms with Crippen LogP contribution in [0.25, 0.3) is 0 Å². The maximum Gasteiger partial charge on any atom is 0.318 e. The number of carbonyl (C=O) groups is 1. The maximum absolute atomic E-state index is 12.2. The van der Waals surface area contributed by atoms with Gasteiger partial charge in [-0.15, -0.1) is 0 Å². The molecule has 1 heterocycles. The average Bonchev–Trinajstić information content (AvgIpc) is 2.87. The number of likely N-dealkylation sites (tertiary alicyclic amines) is 1. The van der Waals surface area contributed by atoms with Gasteiger partial charge in [0.05, 0.1) is 0 Å². The van der Waals surface area contributed by atoms with Gasteiger partial charge in [-0.2, -0.15) is 0 Å². The fourth-order valence-corrected chi connectivity index (χ4v) is 3.16. The topological polar surface area (TPSA) is 32.3 Å². The Labute approximate surface area is 98.6 Å². The molecule has 0 aromatic rings. The number of nitrogens with zero attached hydrogens (tertiary/aromatic N) is 1. The standard InChI is InChI=1S/C13H24N2O/c1-3-12-9-8-10(2)15(12)13(16)14-11-6-4-5-7-11/h10-12H,3-9H2,1-2H3,(H,14,16). The normalized spacial score (nSPS) is 31.0. The minimum Gasteiger partial charge on any atom is -0.335 e. The van der Waals surface area contributed by atoms with Gasteiger partial charge >= 0.3 is 6.03 Å². The molecule has 92 valence electrons. The highest BCUT2D eigenvalue weighted by Gasteiger charge is 2.34. The van der Waals surface area contributed by atoms with Gasteiger partial charge in [-0.25, -0.2) is 4.79 Å². The van der Waals surface area contributed by atoms with Crippen LogP contribution < -0.4 is 5.32 Å². The molecule has 2 amide bonds. The molecule has 2 unspecified atom stereocenters. The van der Waals surface area contributed by atoms with Crippen LogP contribution in [0.5, 0.6) is 0 Å². The first-order chi connectivity index (χ1) is 7.72. The van der Waals surface area contributed by atoms with Gasteiger partial charge in [-0.05, 0) is 39.0 Å². The Morgan fingerprint density at radius 3 is 2.56 bits per heavy atom. The van der Waals surface area contributed by atoms with Gasteiger partial charge < -0.3 is 10.2 Å². The molecule has 2 rings (SSSR count). The van der Waals surface area contributed by atoms with Crippen molar-refractivity contribution >= 4 is 6.03 Å². The van der Waals surface area contributed by atoms with Gasteiger partial charge in [-0.3, -0.25) is 0 Å². The average molecular weight is 224 g/mol. The summed E-state index contributed by atoms with van der Waals surface area (Å²) in [5.74, 6) is 0. The molecule has 0 aromatic heterocycles. The molecule has 16 heavy (non-hydrogen) atoms. The molecule has 1 N–H and O–H groups in total. The summed E-state index contributed by atoms with van der Waals surface area (Å²) >= 11 is 0. The van der Waals surface area contributed by atoms with Gasteiger partial charge in [-0.1, -0.05) is 19.8 Å². The molecule has 3 heteroatoms. The number of hydrogen-bond acceptors (Lipinski definition) is 1. The molecule has 1 aliphatic carbocycles. The Hall–Kier alpha value is -0.730. The summed E-state index contributed by atoms with van der Waals surface area (Å²) in [5, 5.41) is 3.20. The van der Waals surface area contributed by atoms with Gasteiger partial charge in [0.25, 0.3) is 0 Å². The molecule has 2 fully saturated rings. The van der Waals surface area contributed by atoms with Gasteiger partial charge in [0.15, 0.2) is 0 Å². The number of carbonyl (C=O) groups excluding carboxylic acids is 1. The Bertz CT molecular complexity index is 248. The zero-order valence-electron chi connectivity index (χ0n) is 10.5. The van der Waals surface area contributed by atoms with Crippen molar-refractivity contribution in [3.8, 4) is 0 Å². The first-order valence-electron chi connectivity index (χ1n) is 6.81. The summed E-state index contributed by atoms with van der Waals surface area (Å²) in [6.45, 7) is 4.35. The zero-order valence-corrected chi connectivity index (χ0v) is 10.5. The summed E-state index contributed by atoms with van der Waals surface area (Å²) in [6.07, 6.45) is 8.32. The first-order valence-corrected chi connectivity index (χ1v) is 6.81. The van der Waals surface area contributed by atoms with E-state index < -0.39 is 0 Å². The van der Waals surface area contributed by atoms with Crippen LogP contribution in [0.4, 0.5) is 4.79 Å². The molecule has 3 nitrogen and oxygen atoms in total. The van der Waals surface area contributed by atoms with E-state index in [9.17, 15) is 4.79 Å². The third-order valence-corrected chi connectivity index (χ3v) is 4.17. The largest absolute Gasteiger partial charge is 0.335 e. The van der Waals surface area contributed by atoms with Crippen molar-refractivity contribution in [1.82, 2.24) is 10.2 Å². The van der Waals surface area contributed by atoms with Crippen LogP contribution in [0.3, 0.4) is 0 Å². The smallest absolute Gasteiger partial charge is 0.318 e. The Balaban J connectivity index is 1.91. The van der Waals surface area contributed by atoms with Crippen molar-refractivity contribution in [2.45, 2.75) is 76.9 Å². The Morgan fingerprint density at radius 1 is 1.25 bits per heavy atom. The van der Waals surface area contributed by atoms with E-state index in [0.29, 0.717) is 18.1 Å². The predicted molar refractivity (Wildman–Crippen MR) is 65.4 cm³/mol. The minimum absolute atomic E-state index is 0.184. The van der Waals surface area contributed by atoms with Gasteiger partial charge in [0.2, 0.25) is 0 Å². The number of hydrogen-bond donors (Lipinski definition) is 1. The molecule has 0 radical (unpaired) electrons. The molecule has 2 atom stereocenters. The summed E-state index contributed by atoms with van der Waals surface area (Å²) in [6, 6.07) is 1.52. The van der Waals surface area contributed by atoms with Gasteiger partial charge in [0, 0.05) is 18.1 Å². The Kier molecular flexibility index (Phi) is 3.72. The van der Waals surface area contributed by atoms with E-state index in [1.54, 1.807) is 0 Å². The quantitative estimate of drug-likeness (QED) is 0.768. The van der Waals surface area contributed by atoms with E-state index in [0.717, 1.165) is 12.8 Å². The molecule has 0 spiro atoms. The second-order valence-electron chi connectivity index (χ2n) is 5.33. The molecule has 2 aliphatic rings. The highest BCUT2D eigenvalue weighted by Crippen LogP contribution is 2.26. The van der Waals surface area contributed by atoms with Crippen LogP contribution in [0.1, 0.15) is 58.8 Å². The SMILES string of the molecule is CCC1CCC(C)N1C(=O)NC1CCCC1. The highest BCUT2D eigenvalue weighted by molar-refractivity contribution is 5.75. The summed E-state index contributed by atoms with van der Waals surface area (Å²) in [7, 11) is 0. The second kappa shape index (κ2) is 5.07. The van der Waals surface area contributed by atoms with Crippen LogP contribution in [-0.2, 0) is 0 Å². The van der Waals surface area contributed by atoms with Crippen molar-refractivity contribution in [3.05, 3.63) is 0 Å².